The first kappa shape index (κ1) is 11.8. The highest BCUT2D eigenvalue weighted by Gasteiger charge is 2.03. The topological polar surface area (TPSA) is 32.3 Å². The van der Waals surface area contributed by atoms with E-state index < -0.39 is 0 Å². The van der Waals surface area contributed by atoms with E-state index in [4.69, 9.17) is 16.7 Å². The molecule has 2 N–H and O–H groups in total. The molecule has 1 aromatic rings. The molecule has 14 heavy (non-hydrogen) atoms. The molecule has 1 atom stereocenters. The number of nitrogens with one attached hydrogen (secondary N) is 1. The number of aliphatic hydroxyl groups is 1. The van der Waals surface area contributed by atoms with E-state index in [1.807, 2.05) is 25.1 Å². The molecule has 0 aliphatic heterocycles. The van der Waals surface area contributed by atoms with Gasteiger partial charge in [-0.1, -0.05) is 18.5 Å². The number of hydrogen-bond donors (Lipinski definition) is 2. The van der Waals surface area contributed by atoms with Gasteiger partial charge in [0.25, 0.3) is 0 Å². The number of halogens is 2. The Bertz CT molecular complexity index is 306. The maximum Gasteiger partial charge on any atom is 0.0499 e. The zero-order valence-electron chi connectivity index (χ0n) is 7.93. The lowest BCUT2D eigenvalue weighted by molar-refractivity contribution is 0.244. The summed E-state index contributed by atoms with van der Waals surface area (Å²) in [6.45, 7) is 2.89. The fraction of sp³-hybridized carbons (Fsp3) is 0.400. The van der Waals surface area contributed by atoms with E-state index in [1.165, 1.54) is 0 Å². The minimum atomic E-state index is 0.186. The van der Waals surface area contributed by atoms with Crippen LogP contribution >= 0.6 is 27.5 Å². The van der Waals surface area contributed by atoms with E-state index in [-0.39, 0.29) is 12.5 Å². The molecule has 0 heterocycles. The predicted molar refractivity (Wildman–Crippen MR) is 63.9 cm³/mol. The molecule has 0 saturated heterocycles. The third-order valence-corrected chi connectivity index (χ3v) is 2.81. The second-order valence-corrected chi connectivity index (χ2v) is 4.58. The van der Waals surface area contributed by atoms with Crippen molar-refractivity contribution < 1.29 is 5.11 Å². The number of hydrogen-bond acceptors (Lipinski definition) is 2. The molecule has 1 aromatic carbocycles. The zero-order valence-corrected chi connectivity index (χ0v) is 10.3. The van der Waals surface area contributed by atoms with E-state index in [0.29, 0.717) is 5.02 Å². The Labute approximate surface area is 97.4 Å². The molecule has 4 heteroatoms. The molecule has 2 nitrogen and oxygen atoms in total. The van der Waals surface area contributed by atoms with E-state index in [2.05, 4.69) is 21.2 Å². The van der Waals surface area contributed by atoms with Crippen molar-refractivity contribution in [1.82, 2.24) is 0 Å². The minimum Gasteiger partial charge on any atom is -0.396 e. The van der Waals surface area contributed by atoms with Gasteiger partial charge in [0.05, 0.1) is 0 Å². The van der Waals surface area contributed by atoms with Gasteiger partial charge in [0.1, 0.15) is 0 Å². The molecule has 0 saturated carbocycles. The van der Waals surface area contributed by atoms with E-state index in [9.17, 15) is 0 Å². The molecule has 0 amide bonds. The summed E-state index contributed by atoms with van der Waals surface area (Å²) in [5.41, 5.74) is 0.956. The summed E-state index contributed by atoms with van der Waals surface area (Å²) < 4.78 is 0.979. The second kappa shape index (κ2) is 5.59. The Kier molecular flexibility index (Phi) is 4.72. The van der Waals surface area contributed by atoms with Crippen molar-refractivity contribution in [2.45, 2.75) is 6.92 Å². The van der Waals surface area contributed by atoms with Crippen LogP contribution in [0, 0.1) is 5.92 Å². The first-order valence-electron chi connectivity index (χ1n) is 4.43. The van der Waals surface area contributed by atoms with Crippen LogP contribution in [0.5, 0.6) is 0 Å². The average Bonchev–Trinajstić information content (AvgIpc) is 2.19. The molecule has 0 aromatic heterocycles. The van der Waals surface area contributed by atoms with Crippen molar-refractivity contribution >= 4 is 33.2 Å². The lowest BCUT2D eigenvalue weighted by atomic mass is 10.2. The van der Waals surface area contributed by atoms with Gasteiger partial charge in [-0.3, -0.25) is 0 Å². The van der Waals surface area contributed by atoms with Gasteiger partial charge in [0.15, 0.2) is 0 Å². The summed E-state index contributed by atoms with van der Waals surface area (Å²) in [6, 6.07) is 5.58. The van der Waals surface area contributed by atoms with Gasteiger partial charge in [-0.2, -0.15) is 0 Å². The predicted octanol–water partition coefficient (Wildman–Crippen LogP) is 3.14. The van der Waals surface area contributed by atoms with Gasteiger partial charge >= 0.3 is 0 Å². The summed E-state index contributed by atoms with van der Waals surface area (Å²) in [6.07, 6.45) is 0. The zero-order chi connectivity index (χ0) is 10.6. The van der Waals surface area contributed by atoms with Crippen LogP contribution in [0.3, 0.4) is 0 Å². The Morgan fingerprint density at radius 3 is 2.93 bits per heavy atom. The average molecular weight is 279 g/mol. The quantitative estimate of drug-likeness (QED) is 0.887. The number of anilines is 1. The van der Waals surface area contributed by atoms with Crippen molar-refractivity contribution in [1.29, 1.82) is 0 Å². The van der Waals surface area contributed by atoms with E-state index in [1.54, 1.807) is 0 Å². The van der Waals surface area contributed by atoms with Gasteiger partial charge in [0.2, 0.25) is 0 Å². The van der Waals surface area contributed by atoms with Crippen molar-refractivity contribution in [3.8, 4) is 0 Å². The van der Waals surface area contributed by atoms with Crippen molar-refractivity contribution in [2.24, 2.45) is 5.92 Å². The molecule has 78 valence electrons. The first-order valence-corrected chi connectivity index (χ1v) is 5.60. The smallest absolute Gasteiger partial charge is 0.0499 e. The SMILES string of the molecule is CC(CO)CNc1cc(Cl)ccc1Br. The molecular formula is C10H13BrClNO. The van der Waals surface area contributed by atoms with Crippen molar-refractivity contribution in [3.63, 3.8) is 0 Å². The third-order valence-electron chi connectivity index (χ3n) is 1.88. The van der Waals surface area contributed by atoms with Crippen LogP contribution < -0.4 is 5.32 Å². The number of benzene rings is 1. The molecule has 1 rings (SSSR count). The molecule has 0 radical (unpaired) electrons. The largest absolute Gasteiger partial charge is 0.396 e. The summed E-state index contributed by atoms with van der Waals surface area (Å²) in [4.78, 5) is 0. The first-order chi connectivity index (χ1) is 6.63. The lowest BCUT2D eigenvalue weighted by Crippen LogP contribution is -2.14. The summed E-state index contributed by atoms with van der Waals surface area (Å²) in [5, 5.41) is 12.8. The normalized spacial score (nSPS) is 12.6. The Morgan fingerprint density at radius 1 is 1.57 bits per heavy atom. The number of rotatable bonds is 4. The molecule has 0 fully saturated rings. The molecule has 0 aliphatic carbocycles. The lowest BCUT2D eigenvalue weighted by Gasteiger charge is -2.12. The third kappa shape index (κ3) is 3.48. The fourth-order valence-electron chi connectivity index (χ4n) is 0.982. The highest BCUT2D eigenvalue weighted by molar-refractivity contribution is 9.10. The maximum absolute atomic E-state index is 8.86. The van der Waals surface area contributed by atoms with Crippen LogP contribution in [0.2, 0.25) is 5.02 Å². The molecular weight excluding hydrogens is 265 g/mol. The molecule has 0 spiro atoms. The molecule has 0 aliphatic rings. The minimum absolute atomic E-state index is 0.186. The van der Waals surface area contributed by atoms with Gasteiger partial charge in [-0.25, -0.2) is 0 Å². The van der Waals surface area contributed by atoms with Crippen LogP contribution in [-0.4, -0.2) is 18.3 Å². The molecule has 1 unspecified atom stereocenters. The van der Waals surface area contributed by atoms with Crippen LogP contribution in [0.15, 0.2) is 22.7 Å². The van der Waals surface area contributed by atoms with E-state index >= 15 is 0 Å². The Balaban J connectivity index is 2.62. The van der Waals surface area contributed by atoms with Gasteiger partial charge in [0, 0.05) is 28.3 Å². The second-order valence-electron chi connectivity index (χ2n) is 3.29. The maximum atomic E-state index is 8.86. The Hall–Kier alpha value is -0.250. The summed E-state index contributed by atoms with van der Waals surface area (Å²) >= 11 is 9.27. The standard InChI is InChI=1S/C10H13BrClNO/c1-7(6-14)5-13-10-4-8(12)2-3-9(10)11/h2-4,7,13-14H,5-6H2,1H3. The molecule has 0 bridgehead atoms. The monoisotopic (exact) mass is 277 g/mol. The van der Waals surface area contributed by atoms with Gasteiger partial charge in [-0.15, -0.1) is 0 Å². The fourth-order valence-corrected chi connectivity index (χ4v) is 1.54. The Morgan fingerprint density at radius 2 is 2.29 bits per heavy atom. The van der Waals surface area contributed by atoms with Crippen LogP contribution in [0.25, 0.3) is 0 Å². The summed E-state index contributed by atoms with van der Waals surface area (Å²) in [7, 11) is 0. The van der Waals surface area contributed by atoms with E-state index in [0.717, 1.165) is 16.7 Å². The van der Waals surface area contributed by atoms with Crippen LogP contribution in [0.1, 0.15) is 6.92 Å². The van der Waals surface area contributed by atoms with Crippen molar-refractivity contribution in [3.05, 3.63) is 27.7 Å². The number of aliphatic hydroxyl groups excluding tert-OH is 1. The highest BCUT2D eigenvalue weighted by Crippen LogP contribution is 2.25. The summed E-state index contributed by atoms with van der Waals surface area (Å²) in [5.74, 6) is 0.237. The van der Waals surface area contributed by atoms with Gasteiger partial charge in [-0.05, 0) is 40.0 Å². The van der Waals surface area contributed by atoms with Crippen LogP contribution in [-0.2, 0) is 0 Å². The van der Waals surface area contributed by atoms with Gasteiger partial charge < -0.3 is 10.4 Å². The van der Waals surface area contributed by atoms with Crippen molar-refractivity contribution in [2.75, 3.05) is 18.5 Å². The van der Waals surface area contributed by atoms with Crippen LogP contribution in [0.4, 0.5) is 5.69 Å². The highest BCUT2D eigenvalue weighted by atomic mass is 79.9.